The highest BCUT2D eigenvalue weighted by molar-refractivity contribution is 7.12. The smallest absolute Gasteiger partial charge is 0.139 e. The first kappa shape index (κ1) is 17.0. The molecule has 6 N–H and O–H groups in total. The summed E-state index contributed by atoms with van der Waals surface area (Å²) in [6.07, 6.45) is 3.08. The number of rotatable bonds is 0. The van der Waals surface area contributed by atoms with Crippen LogP contribution in [0.3, 0.4) is 0 Å². The van der Waals surface area contributed by atoms with E-state index in [1.807, 2.05) is 0 Å². The maximum absolute atomic E-state index is 10.9. The van der Waals surface area contributed by atoms with Gasteiger partial charge in [-0.05, 0) is 0 Å². The third-order valence-electron chi connectivity index (χ3n) is 6.22. The summed E-state index contributed by atoms with van der Waals surface area (Å²) in [5, 5.41) is 63.0. The zero-order valence-corrected chi connectivity index (χ0v) is 15.9. The molecule has 0 fully saturated rings. The lowest BCUT2D eigenvalue weighted by atomic mass is 9.77. The van der Waals surface area contributed by atoms with Crippen LogP contribution in [0.5, 0.6) is 11.5 Å². The van der Waals surface area contributed by atoms with E-state index in [0.29, 0.717) is 31.3 Å². The highest BCUT2D eigenvalue weighted by Crippen LogP contribution is 2.44. The summed E-state index contributed by atoms with van der Waals surface area (Å²) in [5.74, 6) is -1.00. The minimum absolute atomic E-state index is 0.00176. The van der Waals surface area contributed by atoms with Crippen molar-refractivity contribution in [2.45, 2.75) is 36.3 Å². The number of aliphatic hydroxyl groups excluding tert-OH is 4. The van der Waals surface area contributed by atoms with Crippen molar-refractivity contribution < 1.29 is 30.6 Å². The second kappa shape index (κ2) is 5.35. The molecule has 6 atom stereocenters. The zero-order chi connectivity index (χ0) is 19.5. The summed E-state index contributed by atoms with van der Waals surface area (Å²) in [6, 6.07) is 0. The number of fused-ring (bicyclic) bond motifs is 2. The van der Waals surface area contributed by atoms with Crippen LogP contribution in [0.25, 0.3) is 11.1 Å². The Kier molecular flexibility index (Phi) is 3.24. The number of hydrogen-bond donors (Lipinski definition) is 6. The predicted octanol–water partition coefficient (Wildman–Crippen LogP) is -0.413. The van der Waals surface area contributed by atoms with Crippen molar-refractivity contribution in [1.29, 1.82) is 0 Å². The third-order valence-corrected chi connectivity index (χ3v) is 8.87. The van der Waals surface area contributed by atoms with Gasteiger partial charge in [0, 0.05) is 43.2 Å². The van der Waals surface area contributed by atoms with E-state index in [9.17, 15) is 30.6 Å². The van der Waals surface area contributed by atoms with Gasteiger partial charge in [0.05, 0.1) is 21.3 Å². The van der Waals surface area contributed by atoms with Crippen molar-refractivity contribution >= 4 is 33.8 Å². The Morgan fingerprint density at radius 3 is 1.39 bits per heavy atom. The summed E-state index contributed by atoms with van der Waals surface area (Å²) in [4.78, 5) is 0. The minimum atomic E-state index is -1.01. The topological polar surface area (TPSA) is 121 Å². The maximum Gasteiger partial charge on any atom is 0.139 e. The largest absolute Gasteiger partial charge is 0.506 e. The number of aromatic hydroxyl groups is 2. The second-order valence-corrected chi connectivity index (χ2v) is 9.64. The van der Waals surface area contributed by atoms with Gasteiger partial charge in [0.1, 0.15) is 23.7 Å². The van der Waals surface area contributed by atoms with Crippen LogP contribution in [0.15, 0.2) is 24.3 Å². The molecule has 2 aromatic heterocycles. The Bertz CT molecular complexity index is 1230. The molecule has 0 aliphatic heterocycles. The minimum Gasteiger partial charge on any atom is -0.506 e. The summed E-state index contributed by atoms with van der Waals surface area (Å²) >= 11 is 2.54. The van der Waals surface area contributed by atoms with Gasteiger partial charge >= 0.3 is 0 Å². The molecule has 6 nitrogen and oxygen atoms in total. The van der Waals surface area contributed by atoms with Crippen molar-refractivity contribution in [3.8, 4) is 11.5 Å². The molecule has 2 heterocycles. The van der Waals surface area contributed by atoms with Gasteiger partial charge in [-0.25, -0.2) is 0 Å². The molecule has 6 aliphatic carbocycles. The number of hydrogen-bond acceptors (Lipinski definition) is 8. The Hall–Kier alpha value is -1.94. The van der Waals surface area contributed by atoms with Gasteiger partial charge in [-0.2, -0.15) is 0 Å². The van der Waals surface area contributed by atoms with E-state index in [1.165, 1.54) is 22.7 Å². The Balaban J connectivity index is 1.75. The summed E-state index contributed by atoms with van der Waals surface area (Å²) in [5.41, 5.74) is 2.29. The SMILES string of the molecule is Oc1c2c(s/c1=c1/sc3c(c1O)C1C=CC=3C(O)C1O)=C1C=CC2C(O)C1O. The molecule has 6 unspecified atom stereocenters. The molecule has 8 rings (SSSR count). The van der Waals surface area contributed by atoms with Crippen molar-refractivity contribution in [1.82, 2.24) is 0 Å². The molecule has 6 aliphatic rings. The summed E-state index contributed by atoms with van der Waals surface area (Å²) in [7, 11) is 0. The van der Waals surface area contributed by atoms with Crippen molar-refractivity contribution in [3.63, 3.8) is 0 Å². The predicted molar refractivity (Wildman–Crippen MR) is 103 cm³/mol. The molecule has 144 valence electrons. The standard InChI is InChI=1S/C20H16O6S2/c21-11-5-1-3-7(13(11)23)17-9(5)15(25)19(27-17)20-16(26)10-6-2-4-8(18(10)28-20)14(24)12(6)22/h1-6,11-14,21-26H/b20-19+. The van der Waals surface area contributed by atoms with Gasteiger partial charge in [-0.1, -0.05) is 24.3 Å². The van der Waals surface area contributed by atoms with Gasteiger partial charge in [-0.3, -0.25) is 0 Å². The normalized spacial score (nSPS) is 35.6. The number of thiophene rings is 2. The van der Waals surface area contributed by atoms with Gasteiger partial charge in [0.25, 0.3) is 0 Å². The van der Waals surface area contributed by atoms with E-state index in [0.717, 1.165) is 9.06 Å². The zero-order valence-electron chi connectivity index (χ0n) is 14.3. The van der Waals surface area contributed by atoms with Gasteiger partial charge in [0.2, 0.25) is 0 Å². The first-order chi connectivity index (χ1) is 13.4. The van der Waals surface area contributed by atoms with Crippen LogP contribution in [0.1, 0.15) is 23.0 Å². The molecule has 4 bridgehead atoms. The lowest BCUT2D eigenvalue weighted by Gasteiger charge is -2.33. The van der Waals surface area contributed by atoms with E-state index < -0.39 is 36.3 Å². The molecule has 2 aromatic rings. The highest BCUT2D eigenvalue weighted by atomic mass is 32.1. The highest BCUT2D eigenvalue weighted by Gasteiger charge is 2.41. The summed E-state index contributed by atoms with van der Waals surface area (Å²) < 4.78 is 2.38. The van der Waals surface area contributed by atoms with Gasteiger partial charge < -0.3 is 30.6 Å². The fraction of sp³-hybridized carbons (Fsp3) is 0.300. The molecule has 0 aromatic carbocycles. The monoisotopic (exact) mass is 416 g/mol. The van der Waals surface area contributed by atoms with Crippen LogP contribution in [-0.2, 0) is 0 Å². The lowest BCUT2D eigenvalue weighted by molar-refractivity contribution is 0.0385. The first-order valence-electron chi connectivity index (χ1n) is 8.95. The molecule has 0 amide bonds. The second-order valence-electron chi connectivity index (χ2n) is 7.60. The molecule has 0 saturated carbocycles. The third kappa shape index (κ3) is 1.81. The average molecular weight is 416 g/mol. The molecule has 0 spiro atoms. The van der Waals surface area contributed by atoms with Crippen LogP contribution in [0, 0.1) is 9.06 Å². The Labute approximate surface area is 165 Å². The van der Waals surface area contributed by atoms with Crippen LogP contribution in [-0.4, -0.2) is 55.1 Å². The molecule has 8 heteroatoms. The van der Waals surface area contributed by atoms with Gasteiger partial charge in [0.15, 0.2) is 0 Å². The Morgan fingerprint density at radius 1 is 0.607 bits per heavy atom. The molecule has 28 heavy (non-hydrogen) atoms. The van der Waals surface area contributed by atoms with E-state index in [2.05, 4.69) is 0 Å². The maximum atomic E-state index is 10.9. The fourth-order valence-electron chi connectivity index (χ4n) is 4.78. The van der Waals surface area contributed by atoms with E-state index in [4.69, 9.17) is 0 Å². The average Bonchev–Trinajstić information content (AvgIpc) is 3.21. The molecule has 0 radical (unpaired) electrons. The van der Waals surface area contributed by atoms with Crippen molar-refractivity contribution in [3.05, 3.63) is 53.6 Å². The van der Waals surface area contributed by atoms with Gasteiger partial charge in [-0.15, -0.1) is 22.7 Å². The fourth-order valence-corrected chi connectivity index (χ4v) is 7.53. The van der Waals surface area contributed by atoms with Crippen molar-refractivity contribution in [2.24, 2.45) is 0 Å². The van der Waals surface area contributed by atoms with Crippen LogP contribution < -0.4 is 9.06 Å². The van der Waals surface area contributed by atoms with E-state index >= 15 is 0 Å². The van der Waals surface area contributed by atoms with E-state index in [1.54, 1.807) is 24.3 Å². The molecular weight excluding hydrogens is 400 g/mol. The lowest BCUT2D eigenvalue weighted by Crippen LogP contribution is -2.42. The van der Waals surface area contributed by atoms with Crippen molar-refractivity contribution in [2.75, 3.05) is 0 Å². The van der Waals surface area contributed by atoms with Crippen LogP contribution in [0.2, 0.25) is 0 Å². The number of aliphatic hydroxyl groups is 4. The molecular formula is C20H16O6S2. The Morgan fingerprint density at radius 2 is 1.00 bits per heavy atom. The van der Waals surface area contributed by atoms with E-state index in [-0.39, 0.29) is 11.5 Å². The van der Waals surface area contributed by atoms with Crippen LogP contribution in [0.4, 0.5) is 0 Å². The molecule has 0 saturated heterocycles. The first-order valence-corrected chi connectivity index (χ1v) is 10.6. The van der Waals surface area contributed by atoms with Crippen LogP contribution >= 0.6 is 22.7 Å². The summed E-state index contributed by atoms with van der Waals surface area (Å²) in [6.45, 7) is 0. The quantitative estimate of drug-likeness (QED) is 0.347.